The van der Waals surface area contributed by atoms with Gasteiger partial charge in [-0.2, -0.15) is 0 Å². The molecule has 0 amide bonds. The van der Waals surface area contributed by atoms with Gasteiger partial charge < -0.3 is 14.8 Å². The number of hydrogen-bond donors (Lipinski definition) is 1. The summed E-state index contributed by atoms with van der Waals surface area (Å²) in [5.41, 5.74) is 2.86. The Morgan fingerprint density at radius 3 is 2.43 bits per heavy atom. The molecule has 0 heterocycles. The monoisotopic (exact) mass is 431 g/mol. The molecule has 3 nitrogen and oxygen atoms in total. The van der Waals surface area contributed by atoms with Crippen LogP contribution in [0.2, 0.25) is 10.0 Å². The van der Waals surface area contributed by atoms with Crippen molar-refractivity contribution >= 4 is 40.4 Å². The van der Waals surface area contributed by atoms with Crippen LogP contribution < -0.4 is 14.8 Å². The van der Waals surface area contributed by atoms with Gasteiger partial charge in [0, 0.05) is 27.7 Å². The van der Waals surface area contributed by atoms with Gasteiger partial charge in [-0.1, -0.05) is 65.8 Å². The predicted molar refractivity (Wildman–Crippen MR) is 119 cm³/mol. The summed E-state index contributed by atoms with van der Waals surface area (Å²) in [5, 5.41) is 4.63. The van der Waals surface area contributed by atoms with E-state index in [2.05, 4.69) is 5.32 Å². The molecule has 0 saturated heterocycles. The van der Waals surface area contributed by atoms with Crippen LogP contribution in [-0.2, 0) is 13.2 Å². The highest BCUT2D eigenvalue weighted by Gasteiger charge is 2.10. The minimum atomic E-state index is 0.356. The smallest absolute Gasteiger partial charge is 0.161 e. The lowest BCUT2D eigenvalue weighted by atomic mass is 10.1. The fourth-order valence-corrected chi connectivity index (χ4v) is 3.10. The third-order valence-corrected chi connectivity index (χ3v) is 5.13. The van der Waals surface area contributed by atoms with E-state index in [9.17, 15) is 0 Å². The van der Waals surface area contributed by atoms with E-state index in [1.807, 2.05) is 66.7 Å². The summed E-state index contributed by atoms with van der Waals surface area (Å²) in [6.45, 7) is 0.970. The second kappa shape index (κ2) is 9.78. The van der Waals surface area contributed by atoms with Gasteiger partial charge in [-0.05, 0) is 42.0 Å². The summed E-state index contributed by atoms with van der Waals surface area (Å²) in [6.07, 6.45) is 0. The number of methoxy groups -OCH3 is 1. The van der Waals surface area contributed by atoms with Crippen molar-refractivity contribution in [1.29, 1.82) is 0 Å². The first-order valence-electron chi connectivity index (χ1n) is 8.63. The minimum Gasteiger partial charge on any atom is -0.493 e. The van der Waals surface area contributed by atoms with E-state index in [1.54, 1.807) is 7.11 Å². The summed E-state index contributed by atoms with van der Waals surface area (Å²) in [5.74, 6) is 1.24. The number of thiocarbonyl (C=S) groups is 1. The molecule has 0 aliphatic rings. The molecule has 1 N–H and O–H groups in total. The van der Waals surface area contributed by atoms with Gasteiger partial charge in [-0.15, -0.1) is 0 Å². The molecule has 0 unspecified atom stereocenters. The Morgan fingerprint density at radius 2 is 1.71 bits per heavy atom. The van der Waals surface area contributed by atoms with Gasteiger partial charge in [0.05, 0.1) is 7.11 Å². The highest BCUT2D eigenvalue weighted by Crippen LogP contribution is 2.29. The number of hydrogen-bond acceptors (Lipinski definition) is 3. The normalized spacial score (nSPS) is 10.4. The summed E-state index contributed by atoms with van der Waals surface area (Å²) in [4.78, 5) is 0.630. The van der Waals surface area contributed by atoms with Crippen LogP contribution in [0.1, 0.15) is 16.7 Å². The fraction of sp³-hybridized carbons (Fsp3) is 0.136. The predicted octanol–water partition coefficient (Wildman–Crippen LogP) is 6.05. The van der Waals surface area contributed by atoms with E-state index in [-0.39, 0.29) is 0 Å². The lowest BCUT2D eigenvalue weighted by Crippen LogP contribution is -2.21. The number of ether oxygens (including phenoxy) is 2. The molecule has 0 spiro atoms. The number of nitrogens with one attached hydrogen (secondary N) is 1. The standard InChI is InChI=1S/C22H19Cl2NO2S/c1-26-21-12-16(22(28)25-13-15-6-9-18(23)10-7-15)8-11-20(21)27-14-17-4-2-3-5-19(17)24/h2-12H,13-14H2,1H3,(H,25,28). The first kappa shape index (κ1) is 20.5. The van der Waals surface area contributed by atoms with Gasteiger partial charge >= 0.3 is 0 Å². The first-order valence-corrected chi connectivity index (χ1v) is 9.80. The molecule has 0 fully saturated rings. The Hall–Kier alpha value is -2.27. The van der Waals surface area contributed by atoms with Crippen molar-refractivity contribution in [3.8, 4) is 11.5 Å². The maximum atomic E-state index is 6.18. The lowest BCUT2D eigenvalue weighted by Gasteiger charge is -2.14. The zero-order valence-corrected chi connectivity index (χ0v) is 17.6. The number of rotatable bonds is 7. The second-order valence-corrected chi connectivity index (χ2v) is 7.31. The van der Waals surface area contributed by atoms with Crippen molar-refractivity contribution < 1.29 is 9.47 Å². The van der Waals surface area contributed by atoms with Crippen molar-refractivity contribution in [3.63, 3.8) is 0 Å². The quantitative estimate of drug-likeness (QED) is 0.461. The van der Waals surface area contributed by atoms with E-state index in [1.165, 1.54) is 0 Å². The molecular weight excluding hydrogens is 413 g/mol. The van der Waals surface area contributed by atoms with Crippen LogP contribution in [0.15, 0.2) is 66.7 Å². The average molecular weight is 432 g/mol. The van der Waals surface area contributed by atoms with Gasteiger partial charge in [0.25, 0.3) is 0 Å². The maximum Gasteiger partial charge on any atom is 0.161 e. The largest absolute Gasteiger partial charge is 0.493 e. The molecule has 3 rings (SSSR count). The molecule has 0 aliphatic carbocycles. The third-order valence-electron chi connectivity index (χ3n) is 4.13. The molecule has 3 aromatic rings. The molecule has 3 aromatic carbocycles. The molecule has 0 bridgehead atoms. The molecule has 0 saturated carbocycles. The first-order chi connectivity index (χ1) is 13.6. The lowest BCUT2D eigenvalue weighted by molar-refractivity contribution is 0.284. The van der Waals surface area contributed by atoms with Gasteiger partial charge in [0.2, 0.25) is 0 Å². The molecule has 0 aromatic heterocycles. The zero-order chi connectivity index (χ0) is 19.9. The van der Waals surface area contributed by atoms with Crippen molar-refractivity contribution in [1.82, 2.24) is 5.32 Å². The Morgan fingerprint density at radius 1 is 0.964 bits per heavy atom. The Balaban J connectivity index is 1.65. The van der Waals surface area contributed by atoms with Gasteiger partial charge in [0.1, 0.15) is 11.6 Å². The summed E-state index contributed by atoms with van der Waals surface area (Å²) in [6, 6.07) is 20.8. The van der Waals surface area contributed by atoms with Crippen LogP contribution in [0.25, 0.3) is 0 Å². The summed E-state index contributed by atoms with van der Waals surface area (Å²) in [7, 11) is 1.60. The minimum absolute atomic E-state index is 0.356. The topological polar surface area (TPSA) is 30.5 Å². The van der Waals surface area contributed by atoms with E-state index in [0.717, 1.165) is 16.7 Å². The SMILES string of the molecule is COc1cc(C(=S)NCc2ccc(Cl)cc2)ccc1OCc1ccccc1Cl. The maximum absolute atomic E-state index is 6.18. The molecule has 28 heavy (non-hydrogen) atoms. The van der Waals surface area contributed by atoms with Crippen molar-refractivity contribution in [2.75, 3.05) is 7.11 Å². The van der Waals surface area contributed by atoms with E-state index in [4.69, 9.17) is 44.9 Å². The van der Waals surface area contributed by atoms with Gasteiger partial charge in [0.15, 0.2) is 11.5 Å². The highest BCUT2D eigenvalue weighted by molar-refractivity contribution is 7.80. The zero-order valence-electron chi connectivity index (χ0n) is 15.2. The molecule has 6 heteroatoms. The number of halogens is 2. The van der Waals surface area contributed by atoms with Gasteiger partial charge in [-0.25, -0.2) is 0 Å². The van der Waals surface area contributed by atoms with Crippen LogP contribution >= 0.6 is 35.4 Å². The molecule has 0 radical (unpaired) electrons. The fourth-order valence-electron chi connectivity index (χ4n) is 2.59. The Bertz CT molecular complexity index is 961. The summed E-state index contributed by atoms with van der Waals surface area (Å²) >= 11 is 17.6. The van der Waals surface area contributed by atoms with E-state index >= 15 is 0 Å². The van der Waals surface area contributed by atoms with E-state index < -0.39 is 0 Å². The van der Waals surface area contributed by atoms with Crippen LogP contribution in [0.3, 0.4) is 0 Å². The third kappa shape index (κ3) is 5.38. The van der Waals surface area contributed by atoms with Crippen LogP contribution in [-0.4, -0.2) is 12.1 Å². The Labute approximate surface area is 180 Å². The van der Waals surface area contributed by atoms with Crippen LogP contribution in [0.5, 0.6) is 11.5 Å². The molecule has 144 valence electrons. The average Bonchev–Trinajstić information content (AvgIpc) is 2.72. The van der Waals surface area contributed by atoms with Crippen LogP contribution in [0, 0.1) is 0 Å². The molecule has 0 aliphatic heterocycles. The van der Waals surface area contributed by atoms with Crippen molar-refractivity contribution in [3.05, 3.63) is 93.5 Å². The van der Waals surface area contributed by atoms with Crippen molar-refractivity contribution in [2.24, 2.45) is 0 Å². The van der Waals surface area contributed by atoms with E-state index in [0.29, 0.717) is 39.7 Å². The van der Waals surface area contributed by atoms with Crippen molar-refractivity contribution in [2.45, 2.75) is 13.2 Å². The highest BCUT2D eigenvalue weighted by atomic mass is 35.5. The molecule has 0 atom stereocenters. The second-order valence-electron chi connectivity index (χ2n) is 6.05. The molecular formula is C22H19Cl2NO2S. The van der Waals surface area contributed by atoms with Crippen LogP contribution in [0.4, 0.5) is 0 Å². The van der Waals surface area contributed by atoms with Gasteiger partial charge in [-0.3, -0.25) is 0 Å². The summed E-state index contributed by atoms with van der Waals surface area (Å²) < 4.78 is 11.4. The number of benzene rings is 3. The Kier molecular flexibility index (Phi) is 7.15.